The van der Waals surface area contributed by atoms with E-state index in [-0.39, 0.29) is 10.6 Å². The first kappa shape index (κ1) is 16.4. The zero-order valence-corrected chi connectivity index (χ0v) is 14.1. The summed E-state index contributed by atoms with van der Waals surface area (Å²) in [7, 11) is 0. The molecule has 2 unspecified atom stereocenters. The topological polar surface area (TPSA) is 55.2 Å². The van der Waals surface area contributed by atoms with E-state index in [1.807, 2.05) is 6.07 Å². The zero-order chi connectivity index (χ0) is 15.2. The highest BCUT2D eigenvalue weighted by Crippen LogP contribution is 2.30. The van der Waals surface area contributed by atoms with E-state index in [0.717, 1.165) is 28.4 Å². The fraction of sp³-hybridized carbons (Fsp3) is 0.625. The lowest BCUT2D eigenvalue weighted by molar-refractivity contribution is -0.385. The van der Waals surface area contributed by atoms with Crippen LogP contribution in [0.1, 0.15) is 44.6 Å². The van der Waals surface area contributed by atoms with Crippen molar-refractivity contribution in [3.8, 4) is 0 Å². The largest absolute Gasteiger partial charge is 0.313 e. The summed E-state index contributed by atoms with van der Waals surface area (Å²) in [6.45, 7) is 4.01. The molecule has 0 amide bonds. The number of nitro benzene ring substituents is 1. The van der Waals surface area contributed by atoms with Gasteiger partial charge in [0, 0.05) is 23.2 Å². The third kappa shape index (κ3) is 5.40. The molecule has 1 aliphatic rings. The average molecular weight is 355 g/mol. The van der Waals surface area contributed by atoms with E-state index in [9.17, 15) is 10.1 Å². The normalized spacial score (nSPS) is 22.2. The van der Waals surface area contributed by atoms with Crippen molar-refractivity contribution in [2.24, 2.45) is 11.8 Å². The Labute approximate surface area is 134 Å². The number of rotatable bonds is 6. The predicted octanol–water partition coefficient (Wildman–Crippen LogP) is 4.66. The van der Waals surface area contributed by atoms with Crippen molar-refractivity contribution in [3.05, 3.63) is 38.3 Å². The number of non-ortho nitro benzene ring substituents is 1. The van der Waals surface area contributed by atoms with E-state index < -0.39 is 0 Å². The van der Waals surface area contributed by atoms with Crippen LogP contribution in [0.2, 0.25) is 0 Å². The zero-order valence-electron chi connectivity index (χ0n) is 12.5. The Balaban J connectivity index is 1.77. The molecule has 0 saturated heterocycles. The SMILES string of the molecule is CC1CCCC(CCNCc2cc(Br)cc([N+](=O)[O-])c2)C1. The lowest BCUT2D eigenvalue weighted by Gasteiger charge is -2.26. The van der Waals surface area contributed by atoms with Crippen LogP contribution in [0.25, 0.3) is 0 Å². The van der Waals surface area contributed by atoms with Gasteiger partial charge in [-0.25, -0.2) is 0 Å². The minimum absolute atomic E-state index is 0.141. The molecule has 1 aromatic rings. The first-order chi connectivity index (χ1) is 10.0. The van der Waals surface area contributed by atoms with Gasteiger partial charge in [0.25, 0.3) is 5.69 Å². The highest BCUT2D eigenvalue weighted by molar-refractivity contribution is 9.10. The second kappa shape index (κ2) is 7.90. The van der Waals surface area contributed by atoms with Gasteiger partial charge in [0.15, 0.2) is 0 Å². The van der Waals surface area contributed by atoms with Gasteiger partial charge in [-0.2, -0.15) is 0 Å². The van der Waals surface area contributed by atoms with Crippen LogP contribution in [0.5, 0.6) is 0 Å². The number of nitrogens with zero attached hydrogens (tertiary/aromatic N) is 1. The lowest BCUT2D eigenvalue weighted by atomic mass is 9.81. The van der Waals surface area contributed by atoms with Crippen LogP contribution < -0.4 is 5.32 Å². The van der Waals surface area contributed by atoms with E-state index >= 15 is 0 Å². The molecule has 4 nitrogen and oxygen atoms in total. The second-order valence-electron chi connectivity index (χ2n) is 6.18. The number of nitro groups is 1. The Bertz CT molecular complexity index is 493. The fourth-order valence-corrected chi connectivity index (χ4v) is 3.73. The average Bonchev–Trinajstić information content (AvgIpc) is 2.43. The molecule has 0 aliphatic heterocycles. The highest BCUT2D eigenvalue weighted by Gasteiger charge is 2.18. The Morgan fingerprint density at radius 3 is 2.90 bits per heavy atom. The molecule has 2 rings (SSSR count). The van der Waals surface area contributed by atoms with Crippen LogP contribution >= 0.6 is 15.9 Å². The summed E-state index contributed by atoms with van der Waals surface area (Å²) in [6, 6.07) is 5.11. The summed E-state index contributed by atoms with van der Waals surface area (Å²) in [4.78, 5) is 10.5. The molecule has 0 spiro atoms. The molecule has 5 heteroatoms. The van der Waals surface area contributed by atoms with Gasteiger partial charge in [-0.1, -0.05) is 42.1 Å². The Morgan fingerprint density at radius 2 is 2.19 bits per heavy atom. The molecule has 116 valence electrons. The summed E-state index contributed by atoms with van der Waals surface area (Å²) in [5.74, 6) is 1.72. The molecule has 1 saturated carbocycles. The van der Waals surface area contributed by atoms with E-state index in [1.54, 1.807) is 6.07 Å². The minimum atomic E-state index is -0.350. The number of halogens is 1. The molecule has 21 heavy (non-hydrogen) atoms. The first-order valence-electron chi connectivity index (χ1n) is 7.69. The molecule has 0 heterocycles. The Kier molecular flexibility index (Phi) is 6.18. The number of hydrogen-bond donors (Lipinski definition) is 1. The van der Waals surface area contributed by atoms with Crippen LogP contribution in [0.3, 0.4) is 0 Å². The first-order valence-corrected chi connectivity index (χ1v) is 8.48. The van der Waals surface area contributed by atoms with Gasteiger partial charge in [-0.15, -0.1) is 0 Å². The van der Waals surface area contributed by atoms with Crippen molar-refractivity contribution < 1.29 is 4.92 Å². The lowest BCUT2D eigenvalue weighted by Crippen LogP contribution is -2.21. The third-order valence-corrected chi connectivity index (χ3v) is 4.71. The van der Waals surface area contributed by atoms with Gasteiger partial charge in [0.05, 0.1) is 4.92 Å². The number of benzene rings is 1. The smallest absolute Gasteiger partial charge is 0.270 e. The van der Waals surface area contributed by atoms with Crippen LogP contribution in [-0.4, -0.2) is 11.5 Å². The van der Waals surface area contributed by atoms with Crippen molar-refractivity contribution in [1.29, 1.82) is 0 Å². The molecule has 2 atom stereocenters. The summed E-state index contributed by atoms with van der Waals surface area (Å²) < 4.78 is 0.759. The summed E-state index contributed by atoms with van der Waals surface area (Å²) in [5.41, 5.74) is 1.09. The van der Waals surface area contributed by atoms with Crippen LogP contribution in [0, 0.1) is 22.0 Å². The summed E-state index contributed by atoms with van der Waals surface area (Å²) >= 11 is 3.33. The monoisotopic (exact) mass is 354 g/mol. The molecule has 0 radical (unpaired) electrons. The van der Waals surface area contributed by atoms with Gasteiger partial charge >= 0.3 is 0 Å². The molecule has 1 N–H and O–H groups in total. The van der Waals surface area contributed by atoms with Crippen molar-refractivity contribution in [1.82, 2.24) is 5.32 Å². The predicted molar refractivity (Wildman–Crippen MR) is 88.2 cm³/mol. The van der Waals surface area contributed by atoms with Crippen molar-refractivity contribution in [3.63, 3.8) is 0 Å². The van der Waals surface area contributed by atoms with Crippen LogP contribution in [-0.2, 0) is 6.54 Å². The molecule has 0 aromatic heterocycles. The maximum atomic E-state index is 10.8. The van der Waals surface area contributed by atoms with Crippen molar-refractivity contribution in [2.45, 2.75) is 45.6 Å². The fourth-order valence-electron chi connectivity index (χ4n) is 3.20. The van der Waals surface area contributed by atoms with Gasteiger partial charge in [-0.3, -0.25) is 10.1 Å². The Morgan fingerprint density at radius 1 is 1.38 bits per heavy atom. The molecule has 1 aromatic carbocycles. The van der Waals surface area contributed by atoms with Gasteiger partial charge in [-0.05, 0) is 42.9 Å². The number of nitrogens with one attached hydrogen (secondary N) is 1. The second-order valence-corrected chi connectivity index (χ2v) is 7.09. The molecule has 1 fully saturated rings. The van der Waals surface area contributed by atoms with Crippen LogP contribution in [0.4, 0.5) is 5.69 Å². The van der Waals surface area contributed by atoms with Crippen molar-refractivity contribution in [2.75, 3.05) is 6.54 Å². The maximum Gasteiger partial charge on any atom is 0.270 e. The van der Waals surface area contributed by atoms with E-state index in [2.05, 4.69) is 28.2 Å². The van der Waals surface area contributed by atoms with Gasteiger partial charge < -0.3 is 5.32 Å². The van der Waals surface area contributed by atoms with E-state index in [0.29, 0.717) is 6.54 Å². The third-order valence-electron chi connectivity index (χ3n) is 4.26. The van der Waals surface area contributed by atoms with Gasteiger partial charge in [0.1, 0.15) is 0 Å². The van der Waals surface area contributed by atoms with Crippen molar-refractivity contribution >= 4 is 21.6 Å². The minimum Gasteiger partial charge on any atom is -0.313 e. The quantitative estimate of drug-likeness (QED) is 0.459. The molecular formula is C16H23BrN2O2. The van der Waals surface area contributed by atoms with Crippen LogP contribution in [0.15, 0.2) is 22.7 Å². The standard InChI is InChI=1S/C16H23BrN2O2/c1-12-3-2-4-13(7-12)5-6-18-11-14-8-15(17)10-16(9-14)19(20)21/h8-10,12-13,18H,2-7,11H2,1H3. The molecular weight excluding hydrogens is 332 g/mol. The van der Waals surface area contributed by atoms with E-state index in [1.165, 1.54) is 38.2 Å². The van der Waals surface area contributed by atoms with Gasteiger partial charge in [0.2, 0.25) is 0 Å². The summed E-state index contributed by atoms with van der Waals surface area (Å²) in [5, 5.41) is 14.3. The Hall–Kier alpha value is -0.940. The molecule has 0 bridgehead atoms. The summed E-state index contributed by atoms with van der Waals surface area (Å²) in [6.07, 6.45) is 6.66. The molecule has 1 aliphatic carbocycles. The number of hydrogen-bond acceptors (Lipinski definition) is 3. The highest BCUT2D eigenvalue weighted by atomic mass is 79.9. The maximum absolute atomic E-state index is 10.8. The van der Waals surface area contributed by atoms with E-state index in [4.69, 9.17) is 0 Å².